The molecular weight excluding hydrogens is 220 g/mol. The fourth-order valence-corrected chi connectivity index (χ4v) is 1.58. The Bertz CT molecular complexity index is 412. The maximum absolute atomic E-state index is 11.4. The summed E-state index contributed by atoms with van der Waals surface area (Å²) in [5, 5.41) is 9.83. The van der Waals surface area contributed by atoms with Crippen molar-refractivity contribution in [3.05, 3.63) is 28.8 Å². The number of benzene rings is 1. The van der Waals surface area contributed by atoms with Crippen molar-refractivity contribution in [2.45, 2.75) is 26.9 Å². The minimum atomic E-state index is -1.26. The number of hydrogen-bond donors (Lipinski definition) is 1. The summed E-state index contributed by atoms with van der Waals surface area (Å²) in [6.45, 7) is 5.78. The lowest BCUT2D eigenvalue weighted by atomic mass is 10.0. The lowest BCUT2D eigenvalue weighted by Crippen LogP contribution is -2.15. The van der Waals surface area contributed by atoms with Gasteiger partial charge in [-0.25, -0.2) is 4.79 Å². The van der Waals surface area contributed by atoms with Gasteiger partial charge < -0.3 is 14.6 Å². The van der Waals surface area contributed by atoms with Crippen molar-refractivity contribution in [2.24, 2.45) is 0 Å². The molecule has 17 heavy (non-hydrogen) atoms. The van der Waals surface area contributed by atoms with Gasteiger partial charge in [0.2, 0.25) is 0 Å². The largest absolute Gasteiger partial charge is 0.496 e. The number of esters is 1. The molecule has 0 bridgehead atoms. The first-order valence-electron chi connectivity index (χ1n) is 5.51. The van der Waals surface area contributed by atoms with Crippen LogP contribution in [0, 0.1) is 13.8 Å². The summed E-state index contributed by atoms with van der Waals surface area (Å²) in [6, 6.07) is 3.42. The van der Waals surface area contributed by atoms with Crippen LogP contribution in [0.25, 0.3) is 0 Å². The highest BCUT2D eigenvalue weighted by Gasteiger charge is 2.20. The average Bonchev–Trinajstić information content (AvgIpc) is 2.31. The lowest BCUT2D eigenvalue weighted by molar-refractivity contribution is -0.153. The van der Waals surface area contributed by atoms with Gasteiger partial charge in [0.1, 0.15) is 5.75 Å². The minimum Gasteiger partial charge on any atom is -0.496 e. The highest BCUT2D eigenvalue weighted by molar-refractivity contribution is 5.76. The Hall–Kier alpha value is -1.55. The number of carbonyl (C=O) groups is 1. The molecule has 1 aromatic rings. The Kier molecular flexibility index (Phi) is 4.52. The van der Waals surface area contributed by atoms with Gasteiger partial charge in [0.05, 0.1) is 13.7 Å². The monoisotopic (exact) mass is 238 g/mol. The van der Waals surface area contributed by atoms with Crippen LogP contribution in [-0.4, -0.2) is 24.8 Å². The van der Waals surface area contributed by atoms with E-state index in [2.05, 4.69) is 0 Å². The molecule has 1 N–H and O–H groups in total. The van der Waals surface area contributed by atoms with Crippen molar-refractivity contribution in [3.8, 4) is 5.75 Å². The SMILES string of the molecule is CCOC(=O)C(O)c1cc(C)c(C)c(OC)c1. The predicted molar refractivity (Wildman–Crippen MR) is 64.1 cm³/mol. The molecule has 1 aromatic carbocycles. The van der Waals surface area contributed by atoms with Crippen LogP contribution in [0.15, 0.2) is 12.1 Å². The molecule has 0 aromatic heterocycles. The molecule has 4 nitrogen and oxygen atoms in total. The molecule has 0 heterocycles. The molecule has 0 aliphatic rings. The second kappa shape index (κ2) is 5.68. The van der Waals surface area contributed by atoms with Crippen LogP contribution in [-0.2, 0) is 9.53 Å². The van der Waals surface area contributed by atoms with Gasteiger partial charge in [-0.15, -0.1) is 0 Å². The second-order valence-electron chi connectivity index (χ2n) is 3.82. The number of aliphatic hydroxyl groups is 1. The van der Waals surface area contributed by atoms with Gasteiger partial charge in [0.15, 0.2) is 6.10 Å². The maximum atomic E-state index is 11.4. The zero-order valence-corrected chi connectivity index (χ0v) is 10.6. The van der Waals surface area contributed by atoms with Crippen LogP contribution >= 0.6 is 0 Å². The van der Waals surface area contributed by atoms with Gasteiger partial charge in [0.25, 0.3) is 0 Å². The third kappa shape index (κ3) is 2.97. The van der Waals surface area contributed by atoms with E-state index < -0.39 is 12.1 Å². The Balaban J connectivity index is 3.06. The van der Waals surface area contributed by atoms with Crippen molar-refractivity contribution in [2.75, 3.05) is 13.7 Å². The van der Waals surface area contributed by atoms with Gasteiger partial charge in [-0.3, -0.25) is 0 Å². The average molecular weight is 238 g/mol. The minimum absolute atomic E-state index is 0.248. The molecule has 1 unspecified atom stereocenters. The Morgan fingerprint density at radius 3 is 2.59 bits per heavy atom. The van der Waals surface area contributed by atoms with E-state index in [0.29, 0.717) is 11.3 Å². The van der Waals surface area contributed by atoms with Gasteiger partial charge in [0, 0.05) is 0 Å². The van der Waals surface area contributed by atoms with E-state index >= 15 is 0 Å². The van der Waals surface area contributed by atoms with Crippen molar-refractivity contribution in [1.29, 1.82) is 0 Å². The summed E-state index contributed by atoms with van der Waals surface area (Å²) in [5.74, 6) is 0.0150. The highest BCUT2D eigenvalue weighted by Crippen LogP contribution is 2.27. The molecular formula is C13H18O4. The number of rotatable bonds is 4. The molecule has 0 aliphatic carbocycles. The van der Waals surface area contributed by atoms with Crippen LogP contribution in [0.5, 0.6) is 5.75 Å². The summed E-state index contributed by atoms with van der Waals surface area (Å²) < 4.78 is 9.97. The zero-order chi connectivity index (χ0) is 13.0. The summed E-state index contributed by atoms with van der Waals surface area (Å²) in [4.78, 5) is 11.4. The van der Waals surface area contributed by atoms with Crippen LogP contribution in [0.2, 0.25) is 0 Å². The molecule has 94 valence electrons. The quantitative estimate of drug-likeness (QED) is 0.814. The van der Waals surface area contributed by atoms with E-state index in [0.717, 1.165) is 11.1 Å². The normalized spacial score (nSPS) is 12.1. The first-order valence-corrected chi connectivity index (χ1v) is 5.51. The number of ether oxygens (including phenoxy) is 2. The Morgan fingerprint density at radius 2 is 2.06 bits per heavy atom. The smallest absolute Gasteiger partial charge is 0.339 e. The Labute approximate surface area is 101 Å². The lowest BCUT2D eigenvalue weighted by Gasteiger charge is -2.14. The molecule has 1 rings (SSSR count). The third-order valence-corrected chi connectivity index (χ3v) is 2.69. The van der Waals surface area contributed by atoms with Crippen LogP contribution in [0.1, 0.15) is 29.7 Å². The van der Waals surface area contributed by atoms with Crippen LogP contribution in [0.4, 0.5) is 0 Å². The van der Waals surface area contributed by atoms with E-state index in [4.69, 9.17) is 9.47 Å². The summed E-state index contributed by atoms with van der Waals surface area (Å²) in [6.07, 6.45) is -1.26. The van der Waals surface area contributed by atoms with E-state index in [9.17, 15) is 9.90 Å². The third-order valence-electron chi connectivity index (χ3n) is 2.69. The number of hydrogen-bond acceptors (Lipinski definition) is 4. The summed E-state index contributed by atoms with van der Waals surface area (Å²) >= 11 is 0. The summed E-state index contributed by atoms with van der Waals surface area (Å²) in [5.41, 5.74) is 2.44. The van der Waals surface area contributed by atoms with Gasteiger partial charge in [-0.2, -0.15) is 0 Å². The van der Waals surface area contributed by atoms with Crippen molar-refractivity contribution < 1.29 is 19.4 Å². The van der Waals surface area contributed by atoms with Crippen LogP contribution < -0.4 is 4.74 Å². The molecule has 0 radical (unpaired) electrons. The first kappa shape index (κ1) is 13.5. The van der Waals surface area contributed by atoms with E-state index in [1.165, 1.54) is 0 Å². The van der Waals surface area contributed by atoms with E-state index in [-0.39, 0.29) is 6.61 Å². The number of methoxy groups -OCH3 is 1. The number of aliphatic hydroxyl groups excluding tert-OH is 1. The molecule has 1 atom stereocenters. The zero-order valence-electron chi connectivity index (χ0n) is 10.6. The molecule has 0 aliphatic heterocycles. The van der Waals surface area contributed by atoms with Gasteiger partial charge >= 0.3 is 5.97 Å². The van der Waals surface area contributed by atoms with Gasteiger partial charge in [-0.1, -0.05) is 6.07 Å². The first-order chi connectivity index (χ1) is 8.01. The Morgan fingerprint density at radius 1 is 1.41 bits per heavy atom. The fraction of sp³-hybridized carbons (Fsp3) is 0.462. The molecule has 0 fully saturated rings. The van der Waals surface area contributed by atoms with E-state index in [1.807, 2.05) is 13.8 Å². The topological polar surface area (TPSA) is 55.8 Å². The molecule has 0 spiro atoms. The van der Waals surface area contributed by atoms with Crippen LogP contribution in [0.3, 0.4) is 0 Å². The predicted octanol–water partition coefficient (Wildman–Crippen LogP) is 1.91. The highest BCUT2D eigenvalue weighted by atomic mass is 16.5. The summed E-state index contributed by atoms with van der Waals surface area (Å²) in [7, 11) is 1.56. The van der Waals surface area contributed by atoms with Crippen molar-refractivity contribution >= 4 is 5.97 Å². The molecule has 0 amide bonds. The molecule has 0 saturated carbocycles. The number of carbonyl (C=O) groups excluding carboxylic acids is 1. The number of aryl methyl sites for hydroxylation is 1. The van der Waals surface area contributed by atoms with Crippen molar-refractivity contribution in [1.82, 2.24) is 0 Å². The molecule has 0 saturated heterocycles. The maximum Gasteiger partial charge on any atom is 0.339 e. The van der Waals surface area contributed by atoms with Crippen molar-refractivity contribution in [3.63, 3.8) is 0 Å². The fourth-order valence-electron chi connectivity index (χ4n) is 1.58. The standard InChI is InChI=1S/C13H18O4/c1-5-17-13(15)12(14)10-6-8(2)9(3)11(7-10)16-4/h6-7,12,14H,5H2,1-4H3. The second-order valence-corrected chi connectivity index (χ2v) is 3.82. The van der Waals surface area contributed by atoms with E-state index in [1.54, 1.807) is 26.2 Å². The van der Waals surface area contributed by atoms with Gasteiger partial charge in [-0.05, 0) is 43.5 Å². The molecule has 4 heteroatoms.